The number of amides is 1. The molecule has 0 radical (unpaired) electrons. The van der Waals surface area contributed by atoms with Gasteiger partial charge in [0, 0.05) is 31.4 Å². The molecule has 3 heterocycles. The van der Waals surface area contributed by atoms with Crippen molar-refractivity contribution >= 4 is 38.2 Å². The van der Waals surface area contributed by atoms with Crippen molar-refractivity contribution in [3.63, 3.8) is 0 Å². The van der Waals surface area contributed by atoms with Crippen LogP contribution in [0.2, 0.25) is 5.15 Å². The number of pyridine rings is 2. The van der Waals surface area contributed by atoms with Gasteiger partial charge in [0.1, 0.15) is 27.6 Å². The lowest BCUT2D eigenvalue weighted by molar-refractivity contribution is 0.0949. The SMILES string of the molecule is Cn1c(=O)c(C(=O)NCc2ccc(Cl)nc2)cc2cnnc(OCC3(S(C)(=O)=O)CC3)c21. The van der Waals surface area contributed by atoms with Crippen LogP contribution in [0.4, 0.5) is 0 Å². The van der Waals surface area contributed by atoms with Gasteiger partial charge < -0.3 is 14.6 Å². The first-order valence-corrected chi connectivity index (χ1v) is 11.9. The number of hydrogen-bond acceptors (Lipinski definition) is 8. The van der Waals surface area contributed by atoms with Crippen molar-refractivity contribution in [3.8, 4) is 5.88 Å². The zero-order valence-corrected chi connectivity index (χ0v) is 18.9. The van der Waals surface area contributed by atoms with Crippen LogP contribution in [0.3, 0.4) is 0 Å². The summed E-state index contributed by atoms with van der Waals surface area (Å²) in [6, 6.07) is 4.74. The fourth-order valence-corrected chi connectivity index (χ4v) is 4.56. The number of nitrogens with one attached hydrogen (secondary N) is 1. The van der Waals surface area contributed by atoms with Gasteiger partial charge in [-0.3, -0.25) is 9.59 Å². The Morgan fingerprint density at radius 1 is 1.31 bits per heavy atom. The van der Waals surface area contributed by atoms with Crippen LogP contribution >= 0.6 is 11.6 Å². The molecule has 0 saturated heterocycles. The van der Waals surface area contributed by atoms with Crippen molar-refractivity contribution in [3.05, 3.63) is 57.2 Å². The number of hydrogen-bond donors (Lipinski definition) is 1. The third-order valence-electron chi connectivity index (χ3n) is 5.54. The molecule has 0 bridgehead atoms. The molecule has 0 aromatic carbocycles. The second kappa shape index (κ2) is 8.14. The Balaban J connectivity index is 1.60. The summed E-state index contributed by atoms with van der Waals surface area (Å²) in [4.78, 5) is 29.5. The van der Waals surface area contributed by atoms with Gasteiger partial charge in [-0.2, -0.15) is 5.10 Å². The molecule has 0 spiro atoms. The fourth-order valence-electron chi connectivity index (χ4n) is 3.33. The van der Waals surface area contributed by atoms with Gasteiger partial charge in [-0.15, -0.1) is 5.10 Å². The number of carbonyl (C=O) groups is 1. The molecule has 0 atom stereocenters. The van der Waals surface area contributed by atoms with Crippen molar-refractivity contribution in [2.24, 2.45) is 7.05 Å². The predicted octanol–water partition coefficient (Wildman–Crippen LogP) is 1.26. The molecule has 3 aromatic rings. The van der Waals surface area contributed by atoms with Crippen LogP contribution in [0.15, 0.2) is 35.4 Å². The van der Waals surface area contributed by atoms with Gasteiger partial charge >= 0.3 is 0 Å². The van der Waals surface area contributed by atoms with Crippen LogP contribution in [-0.2, 0) is 23.4 Å². The molecule has 4 rings (SSSR count). The van der Waals surface area contributed by atoms with Gasteiger partial charge in [-0.25, -0.2) is 13.4 Å². The number of aryl methyl sites for hydroxylation is 1. The van der Waals surface area contributed by atoms with Crippen molar-refractivity contribution in [1.82, 2.24) is 25.1 Å². The first-order valence-electron chi connectivity index (χ1n) is 9.68. The quantitative estimate of drug-likeness (QED) is 0.503. The number of nitrogens with zero attached hydrogens (tertiary/aromatic N) is 4. The Bertz CT molecular complexity index is 1370. The summed E-state index contributed by atoms with van der Waals surface area (Å²) in [5.74, 6) is -0.521. The number of sulfone groups is 1. The average Bonchev–Trinajstić information content (AvgIpc) is 3.55. The molecule has 3 aromatic heterocycles. The average molecular weight is 478 g/mol. The topological polar surface area (TPSA) is 133 Å². The summed E-state index contributed by atoms with van der Waals surface area (Å²) in [6.07, 6.45) is 5.14. The van der Waals surface area contributed by atoms with E-state index in [0.29, 0.717) is 28.9 Å². The van der Waals surface area contributed by atoms with Gasteiger partial charge in [0.05, 0.1) is 6.20 Å². The predicted molar refractivity (Wildman–Crippen MR) is 118 cm³/mol. The van der Waals surface area contributed by atoms with Gasteiger partial charge in [0.25, 0.3) is 17.3 Å². The van der Waals surface area contributed by atoms with Crippen molar-refractivity contribution in [2.75, 3.05) is 12.9 Å². The van der Waals surface area contributed by atoms with Gasteiger partial charge in [0.2, 0.25) is 0 Å². The standard InChI is InChI=1S/C20H20ClN5O5S/c1-26-16-13(10-24-25-18(16)31-11-20(5-6-20)32(2,29)30)7-14(19(26)28)17(27)23-9-12-3-4-15(21)22-8-12/h3-4,7-8,10H,5-6,9,11H2,1-2H3,(H,23,27). The number of rotatable bonds is 7. The molecule has 0 aliphatic heterocycles. The van der Waals surface area contributed by atoms with E-state index in [1.165, 1.54) is 36.3 Å². The number of aromatic nitrogens is 4. The highest BCUT2D eigenvalue weighted by molar-refractivity contribution is 7.92. The molecule has 10 nitrogen and oxygen atoms in total. The number of ether oxygens (including phenoxy) is 1. The molecular weight excluding hydrogens is 458 g/mol. The third kappa shape index (κ3) is 4.17. The van der Waals surface area contributed by atoms with E-state index in [0.717, 1.165) is 5.56 Å². The maximum Gasteiger partial charge on any atom is 0.263 e. The highest BCUT2D eigenvalue weighted by Gasteiger charge is 2.53. The zero-order valence-electron chi connectivity index (χ0n) is 17.3. The molecule has 1 N–H and O–H groups in total. The number of carbonyl (C=O) groups excluding carboxylic acids is 1. The normalized spacial score (nSPS) is 14.8. The first kappa shape index (κ1) is 22.2. The lowest BCUT2D eigenvalue weighted by Crippen LogP contribution is -2.32. The van der Waals surface area contributed by atoms with E-state index in [9.17, 15) is 18.0 Å². The molecule has 1 saturated carbocycles. The van der Waals surface area contributed by atoms with Gasteiger partial charge in [-0.05, 0) is 30.5 Å². The smallest absolute Gasteiger partial charge is 0.263 e. The van der Waals surface area contributed by atoms with Crippen LogP contribution in [0.5, 0.6) is 5.88 Å². The summed E-state index contributed by atoms with van der Waals surface area (Å²) in [5, 5.41) is 11.3. The summed E-state index contributed by atoms with van der Waals surface area (Å²) < 4.78 is 30.0. The maximum atomic E-state index is 12.9. The van der Waals surface area contributed by atoms with E-state index in [1.54, 1.807) is 12.1 Å². The summed E-state index contributed by atoms with van der Waals surface area (Å²) >= 11 is 5.76. The van der Waals surface area contributed by atoms with E-state index < -0.39 is 26.1 Å². The Kier molecular flexibility index (Phi) is 5.63. The van der Waals surface area contributed by atoms with E-state index in [1.807, 2.05) is 0 Å². The van der Waals surface area contributed by atoms with E-state index >= 15 is 0 Å². The molecule has 1 amide bonds. The van der Waals surface area contributed by atoms with E-state index in [4.69, 9.17) is 16.3 Å². The third-order valence-corrected chi connectivity index (χ3v) is 7.87. The Morgan fingerprint density at radius 3 is 2.69 bits per heavy atom. The van der Waals surface area contributed by atoms with Crippen LogP contribution < -0.4 is 15.6 Å². The van der Waals surface area contributed by atoms with Crippen LogP contribution in [0.1, 0.15) is 28.8 Å². The zero-order chi connectivity index (χ0) is 23.1. The largest absolute Gasteiger partial charge is 0.473 e. The maximum absolute atomic E-state index is 12.9. The van der Waals surface area contributed by atoms with Crippen molar-refractivity contribution < 1.29 is 17.9 Å². The second-order valence-electron chi connectivity index (χ2n) is 7.79. The monoisotopic (exact) mass is 477 g/mol. The molecule has 0 unspecified atom stereocenters. The van der Waals surface area contributed by atoms with Crippen LogP contribution in [-0.4, -0.2) is 51.7 Å². The van der Waals surface area contributed by atoms with E-state index in [-0.39, 0.29) is 24.6 Å². The lowest BCUT2D eigenvalue weighted by atomic mass is 10.2. The highest BCUT2D eigenvalue weighted by Crippen LogP contribution is 2.43. The first-order chi connectivity index (χ1) is 15.1. The molecule has 168 valence electrons. The van der Waals surface area contributed by atoms with Crippen molar-refractivity contribution in [1.29, 1.82) is 0 Å². The minimum Gasteiger partial charge on any atom is -0.473 e. The molecule has 1 fully saturated rings. The minimum absolute atomic E-state index is 0.0382. The van der Waals surface area contributed by atoms with Crippen LogP contribution in [0, 0.1) is 0 Å². The molecule has 1 aliphatic carbocycles. The summed E-state index contributed by atoms with van der Waals surface area (Å²) in [6.45, 7) is 0.0892. The second-order valence-corrected chi connectivity index (χ2v) is 10.6. The summed E-state index contributed by atoms with van der Waals surface area (Å²) in [7, 11) is -1.80. The summed E-state index contributed by atoms with van der Waals surface area (Å²) in [5.41, 5.74) is 0.427. The van der Waals surface area contributed by atoms with Crippen LogP contribution in [0.25, 0.3) is 10.9 Å². The molecule has 1 aliphatic rings. The highest BCUT2D eigenvalue weighted by atomic mass is 35.5. The fraction of sp³-hybridized carbons (Fsp3) is 0.350. The van der Waals surface area contributed by atoms with E-state index in [2.05, 4.69) is 20.5 Å². The van der Waals surface area contributed by atoms with Gasteiger partial charge in [0.15, 0.2) is 9.84 Å². The minimum atomic E-state index is -3.29. The molecule has 32 heavy (non-hydrogen) atoms. The van der Waals surface area contributed by atoms with Gasteiger partial charge in [-0.1, -0.05) is 17.7 Å². The Labute approximate surface area is 188 Å². The molecule has 12 heteroatoms. The number of fused-ring (bicyclic) bond motifs is 1. The lowest BCUT2D eigenvalue weighted by Gasteiger charge is -2.16. The Morgan fingerprint density at radius 2 is 2.06 bits per heavy atom. The van der Waals surface area contributed by atoms with Crippen molar-refractivity contribution in [2.45, 2.75) is 24.1 Å². The number of halogens is 1. The Hall–Kier alpha value is -3.05. The molecular formula is C20H20ClN5O5S.